The molecule has 0 aromatic heterocycles. The van der Waals surface area contributed by atoms with Gasteiger partial charge in [0.25, 0.3) is 0 Å². The van der Waals surface area contributed by atoms with Crippen molar-refractivity contribution in [3.05, 3.63) is 118 Å². The molecule has 20 atom stereocenters. The first-order chi connectivity index (χ1) is 36.6. The molecule has 3 aromatic rings. The summed E-state index contributed by atoms with van der Waals surface area (Å²) < 4.78 is 81.2. The molecule has 8 unspecified atom stereocenters. The zero-order valence-corrected chi connectivity index (χ0v) is 43.0. The molecule has 76 heavy (non-hydrogen) atoms. The number of aliphatic hydroxyl groups excluding tert-OH is 1. The molecule has 5 fully saturated rings. The molecule has 2 N–H and O–H groups in total. The van der Waals surface area contributed by atoms with Crippen LogP contribution in [0, 0.1) is 17.8 Å². The molecular weight excluding hydrogens is 997 g/mol. The fourth-order valence-electron chi connectivity index (χ4n) is 10.1. The molecule has 8 rings (SSSR count). The highest BCUT2D eigenvalue weighted by Gasteiger charge is 2.60. The quantitative estimate of drug-likeness (QED) is 0.0528. The van der Waals surface area contributed by atoms with Crippen LogP contribution < -0.4 is 5.32 Å². The lowest BCUT2D eigenvalue weighted by molar-refractivity contribution is -0.364. The molecule has 3 aromatic carbocycles. The van der Waals surface area contributed by atoms with Crippen LogP contribution in [0.4, 0.5) is 4.79 Å². The lowest BCUT2D eigenvalue weighted by Crippen LogP contribution is -2.68. The number of fused-ring (bicyclic) bond motifs is 1. The number of hydrogen-bond donors (Lipinski definition) is 2. The summed E-state index contributed by atoms with van der Waals surface area (Å²) in [6.07, 6.45) is -19.9. The third-order valence-electron chi connectivity index (χ3n) is 14.5. The van der Waals surface area contributed by atoms with Crippen molar-refractivity contribution in [3.8, 4) is 0 Å². The third-order valence-corrected chi connectivity index (χ3v) is 14.5. The Morgan fingerprint density at radius 3 is 1.92 bits per heavy atom. The fraction of sp³-hybridized carbons (Fsp3) is 0.566. The van der Waals surface area contributed by atoms with Crippen LogP contribution in [0.3, 0.4) is 0 Å². The summed E-state index contributed by atoms with van der Waals surface area (Å²) in [6, 6.07) is 23.2. The molecular formula is C53H64N4O19. The number of rotatable bonds is 19. The van der Waals surface area contributed by atoms with Gasteiger partial charge in [-0.15, -0.1) is 0 Å². The Balaban J connectivity index is 1.15. The van der Waals surface area contributed by atoms with Gasteiger partial charge in [-0.2, -0.15) is 0 Å². The molecule has 1 amide bonds. The van der Waals surface area contributed by atoms with Crippen LogP contribution in [-0.4, -0.2) is 160 Å². The van der Waals surface area contributed by atoms with E-state index in [2.05, 4.69) is 15.3 Å². The van der Waals surface area contributed by atoms with Crippen LogP contribution >= 0.6 is 0 Å². The van der Waals surface area contributed by atoms with E-state index < -0.39 is 159 Å². The maximum absolute atomic E-state index is 14.3. The summed E-state index contributed by atoms with van der Waals surface area (Å²) in [6.45, 7) is 7.78. The number of methoxy groups -OCH3 is 2. The maximum Gasteiger partial charge on any atom is 0.408 e. The lowest BCUT2D eigenvalue weighted by atomic mass is 9.84. The van der Waals surface area contributed by atoms with E-state index in [0.29, 0.717) is 5.56 Å². The number of alkyl carbamates (subject to hydrolysis) is 1. The number of hydrogen-bond acceptors (Lipinski definition) is 20. The number of ether oxygens (including phenoxy) is 13. The van der Waals surface area contributed by atoms with Crippen LogP contribution in [0.5, 0.6) is 0 Å². The number of nitrogens with zero attached hydrogens (tertiary/aromatic N) is 3. The number of esters is 3. The van der Waals surface area contributed by atoms with Crippen molar-refractivity contribution < 1.29 is 90.7 Å². The number of amides is 1. The molecule has 5 aliphatic heterocycles. The summed E-state index contributed by atoms with van der Waals surface area (Å²) in [5, 5.41) is 17.7. The zero-order valence-electron chi connectivity index (χ0n) is 43.0. The van der Waals surface area contributed by atoms with Crippen LogP contribution in [0.1, 0.15) is 67.3 Å². The number of benzene rings is 3. The molecule has 5 saturated heterocycles. The first kappa shape index (κ1) is 56.1. The van der Waals surface area contributed by atoms with E-state index in [4.69, 9.17) is 61.6 Å². The van der Waals surface area contributed by atoms with Crippen LogP contribution in [-0.2, 0) is 77.8 Å². The summed E-state index contributed by atoms with van der Waals surface area (Å²) in [5.74, 6) is -4.63. The van der Waals surface area contributed by atoms with Crippen molar-refractivity contribution in [2.24, 2.45) is 22.9 Å². The first-order valence-corrected chi connectivity index (χ1v) is 25.2. The van der Waals surface area contributed by atoms with Crippen molar-refractivity contribution in [2.45, 2.75) is 152 Å². The predicted octanol–water partition coefficient (Wildman–Crippen LogP) is 4.95. The second-order valence-electron chi connectivity index (χ2n) is 19.3. The van der Waals surface area contributed by atoms with E-state index in [9.17, 15) is 34.6 Å². The van der Waals surface area contributed by atoms with Crippen LogP contribution in [0.25, 0.3) is 10.4 Å². The third kappa shape index (κ3) is 12.4. The summed E-state index contributed by atoms with van der Waals surface area (Å²) in [4.78, 5) is 70.9. The van der Waals surface area contributed by atoms with E-state index in [1.165, 1.54) is 33.3 Å². The van der Waals surface area contributed by atoms with Crippen molar-refractivity contribution in [1.29, 1.82) is 0 Å². The molecule has 5 heterocycles. The lowest BCUT2D eigenvalue weighted by Gasteiger charge is -2.50. The average Bonchev–Trinajstić information content (AvgIpc) is 3.90. The number of Topliss-reactive ketones (excluding diaryl/α,β-unsaturated/α-hetero) is 1. The van der Waals surface area contributed by atoms with E-state index >= 15 is 0 Å². The summed E-state index contributed by atoms with van der Waals surface area (Å²) in [5.41, 5.74) is 10.8. The maximum atomic E-state index is 14.3. The zero-order chi connectivity index (χ0) is 54.2. The summed E-state index contributed by atoms with van der Waals surface area (Å²) >= 11 is 0. The number of carbonyl (C=O) groups excluding carboxylic acids is 5. The van der Waals surface area contributed by atoms with Crippen molar-refractivity contribution in [2.75, 3.05) is 20.8 Å². The van der Waals surface area contributed by atoms with E-state index in [1.807, 2.05) is 6.07 Å². The Morgan fingerprint density at radius 2 is 1.30 bits per heavy atom. The Bertz CT molecular complexity index is 2510. The Morgan fingerprint density at radius 1 is 0.697 bits per heavy atom. The fourth-order valence-corrected chi connectivity index (χ4v) is 10.1. The van der Waals surface area contributed by atoms with Gasteiger partial charge < -0.3 is 72.0 Å². The number of nitrogens with one attached hydrogen (secondary N) is 1. The van der Waals surface area contributed by atoms with Gasteiger partial charge in [-0.1, -0.05) is 99.5 Å². The molecule has 0 bridgehead atoms. The predicted molar refractivity (Wildman–Crippen MR) is 260 cm³/mol. The Labute approximate surface area is 438 Å². The van der Waals surface area contributed by atoms with E-state index in [-0.39, 0.29) is 24.2 Å². The SMILES string of the molecule is CCC1O[C@@H](O[C@H]2C(C(C)=O)O[C@@H](O[C@@H]3C(COC(=O)c4ccccc4)O[C@H](OC)C(N=[N+]=[N-])[C@H]3C)C(OC(=O)c3ccccc3)[C@@H]2OCc2ccccc2)C2NC(=O)O[C@H]2[C@@H]1O[C@@H]1OC(C(=O)OC)[C@@H](O)[C@H](C)C1C. The van der Waals surface area contributed by atoms with Crippen LogP contribution in [0.2, 0.25) is 0 Å². The van der Waals surface area contributed by atoms with Gasteiger partial charge in [0.05, 0.1) is 49.2 Å². The monoisotopic (exact) mass is 1060 g/mol. The first-order valence-electron chi connectivity index (χ1n) is 25.2. The highest BCUT2D eigenvalue weighted by molar-refractivity contribution is 5.90. The summed E-state index contributed by atoms with van der Waals surface area (Å²) in [7, 11) is 2.54. The molecule has 0 spiro atoms. The second kappa shape index (κ2) is 25.4. The normalized spacial score (nSPS) is 36.0. The number of azide groups is 1. The molecule has 0 aliphatic carbocycles. The topological polar surface area (TPSA) is 286 Å². The molecule has 23 nitrogen and oxygen atoms in total. The Kier molecular flexibility index (Phi) is 18.7. The minimum Gasteiger partial charge on any atom is -0.467 e. The van der Waals surface area contributed by atoms with Gasteiger partial charge in [0, 0.05) is 17.9 Å². The molecule has 0 saturated carbocycles. The molecule has 23 heteroatoms. The highest BCUT2D eigenvalue weighted by atomic mass is 16.8. The number of ketones is 1. The van der Waals surface area contributed by atoms with Gasteiger partial charge in [0.1, 0.15) is 43.2 Å². The van der Waals surface area contributed by atoms with Gasteiger partial charge in [-0.25, -0.2) is 19.2 Å². The molecule has 5 aliphatic rings. The van der Waals surface area contributed by atoms with Gasteiger partial charge in [0.15, 0.2) is 49.3 Å². The van der Waals surface area contributed by atoms with E-state index in [0.717, 1.165) is 0 Å². The highest BCUT2D eigenvalue weighted by Crippen LogP contribution is 2.41. The van der Waals surface area contributed by atoms with Gasteiger partial charge in [-0.05, 0) is 60.5 Å². The smallest absolute Gasteiger partial charge is 0.408 e. The van der Waals surface area contributed by atoms with Crippen molar-refractivity contribution in [1.82, 2.24) is 5.32 Å². The minimum atomic E-state index is -1.68. The number of carbonyl (C=O) groups is 5. The van der Waals surface area contributed by atoms with E-state index in [1.54, 1.807) is 100 Å². The minimum absolute atomic E-state index is 0.123. The largest absolute Gasteiger partial charge is 0.467 e. The van der Waals surface area contributed by atoms with Crippen LogP contribution in [0.15, 0.2) is 96.1 Å². The number of aliphatic hydroxyl groups is 1. The van der Waals surface area contributed by atoms with Gasteiger partial charge in [0.2, 0.25) is 0 Å². The second-order valence-corrected chi connectivity index (χ2v) is 19.3. The van der Waals surface area contributed by atoms with Crippen molar-refractivity contribution in [3.63, 3.8) is 0 Å². The Hall–Kier alpha value is -6.08. The van der Waals surface area contributed by atoms with Crippen molar-refractivity contribution >= 4 is 29.8 Å². The standard InChI is InChI=1S/C53H64N4O19/c1-8-33-40(73-49-27(3)26(2)37(59)42(74-49)48(62)64-6)41-36(55-53(63)76-41)51(68-33)75-44-39(29(5)58)72-52(45(70-47(61)32-22-16-11-17-23-32)43(44)66-24-30-18-12-9-13-19-30)71-38-28(4)35(56-57-54)50(65-7)69-34(38)25-67-46(60)31-20-14-10-15-21-31/h9-23,26-28,33-45,49-52,59H,8,24-25H2,1-7H3,(H,55,63)/t26-,27?,28-,33?,34?,35?,36?,37+,38+,39?,40-,41-,42?,43-,44+,45?,49-,50+,51+,52-/m1/s1. The molecule has 0 radical (unpaired) electrons. The molecule has 410 valence electrons. The van der Waals surface area contributed by atoms with Gasteiger partial charge >= 0.3 is 24.0 Å². The average molecular weight is 1060 g/mol. The van der Waals surface area contributed by atoms with Gasteiger partial charge in [-0.3, -0.25) is 4.79 Å².